The van der Waals surface area contributed by atoms with E-state index in [0.29, 0.717) is 10.9 Å². The van der Waals surface area contributed by atoms with Crippen molar-refractivity contribution < 1.29 is 22.6 Å². The molecular formula is C17H13Cl2F3N4O2. The molecule has 0 aliphatic rings. The quantitative estimate of drug-likeness (QED) is 0.310. The van der Waals surface area contributed by atoms with Crippen LogP contribution >= 0.6 is 23.2 Å². The molecule has 0 fully saturated rings. The Balaban J connectivity index is 1.87. The predicted molar refractivity (Wildman–Crippen MR) is 101 cm³/mol. The highest BCUT2D eigenvalue weighted by atomic mass is 35.5. The van der Waals surface area contributed by atoms with Crippen molar-refractivity contribution in [3.05, 3.63) is 46.5 Å². The number of fused-ring (bicyclic) bond motifs is 1. The molecule has 3 aromatic rings. The molecule has 0 amide bonds. The van der Waals surface area contributed by atoms with Gasteiger partial charge in [-0.05, 0) is 18.2 Å². The summed E-state index contributed by atoms with van der Waals surface area (Å²) in [5.74, 6) is -0.204. The van der Waals surface area contributed by atoms with Gasteiger partial charge >= 0.3 is 6.61 Å². The summed E-state index contributed by atoms with van der Waals surface area (Å²) in [6, 6.07) is 5.91. The number of halogens is 5. The van der Waals surface area contributed by atoms with Gasteiger partial charge in [0.2, 0.25) is 0 Å². The molecule has 3 N–H and O–H groups in total. The van der Waals surface area contributed by atoms with Crippen LogP contribution in [0.15, 0.2) is 30.6 Å². The van der Waals surface area contributed by atoms with Crippen LogP contribution < -0.4 is 15.8 Å². The van der Waals surface area contributed by atoms with E-state index >= 15 is 0 Å². The Bertz CT molecular complexity index is 1010. The normalized spacial score (nSPS) is 11.2. The number of nitrogens with one attached hydrogen (secondary N) is 1. The predicted octanol–water partition coefficient (Wildman–Crippen LogP) is 5.02. The van der Waals surface area contributed by atoms with E-state index in [9.17, 15) is 13.2 Å². The number of nitrogens with two attached hydrogens (primary N) is 1. The molecule has 1 heterocycles. The molecule has 3 rings (SSSR count). The third kappa shape index (κ3) is 4.49. The molecular weight excluding hydrogens is 420 g/mol. The number of nitrogens with zero attached hydrogens (tertiary/aromatic N) is 2. The molecule has 2 aromatic carbocycles. The zero-order valence-corrected chi connectivity index (χ0v) is 15.6. The number of aromatic nitrogens is 2. The van der Waals surface area contributed by atoms with Crippen molar-refractivity contribution in [2.45, 2.75) is 6.61 Å². The van der Waals surface area contributed by atoms with E-state index in [4.69, 9.17) is 33.7 Å². The molecule has 0 unspecified atom stereocenters. The summed E-state index contributed by atoms with van der Waals surface area (Å²) in [6.45, 7) is -3.30. The maximum Gasteiger partial charge on any atom is 0.345 e. The lowest BCUT2D eigenvalue weighted by atomic mass is 10.2. The van der Waals surface area contributed by atoms with E-state index in [1.807, 2.05) is 0 Å². The Morgan fingerprint density at radius 3 is 2.68 bits per heavy atom. The third-order valence-corrected chi connectivity index (χ3v) is 4.42. The largest absolute Gasteiger partial charge is 0.489 e. The monoisotopic (exact) mass is 432 g/mol. The van der Waals surface area contributed by atoms with Crippen molar-refractivity contribution in [2.75, 3.05) is 24.3 Å². The summed E-state index contributed by atoms with van der Waals surface area (Å²) in [5, 5.41) is 3.18. The number of hydrogen-bond acceptors (Lipinski definition) is 6. The van der Waals surface area contributed by atoms with E-state index in [0.717, 1.165) is 0 Å². The van der Waals surface area contributed by atoms with Gasteiger partial charge in [-0.15, -0.1) is 0 Å². The molecule has 0 bridgehead atoms. The highest BCUT2D eigenvalue weighted by Crippen LogP contribution is 2.34. The number of benzene rings is 2. The SMILES string of the molecule is Nc1cc2c(Nc3ccc(Cl)c(Cl)c3F)ncnc2cc1OCCOC(F)F. The van der Waals surface area contributed by atoms with Gasteiger partial charge in [-0.25, -0.2) is 14.4 Å². The molecule has 148 valence electrons. The molecule has 0 radical (unpaired) electrons. The van der Waals surface area contributed by atoms with Gasteiger partial charge in [-0.3, -0.25) is 0 Å². The second kappa shape index (κ2) is 8.68. The Hall–Kier alpha value is -2.49. The van der Waals surface area contributed by atoms with Crippen LogP contribution in [-0.4, -0.2) is 29.8 Å². The second-order valence-electron chi connectivity index (χ2n) is 5.46. The summed E-state index contributed by atoms with van der Waals surface area (Å²) >= 11 is 11.6. The van der Waals surface area contributed by atoms with Gasteiger partial charge in [0.25, 0.3) is 0 Å². The zero-order chi connectivity index (χ0) is 20.3. The van der Waals surface area contributed by atoms with Gasteiger partial charge in [0.15, 0.2) is 5.82 Å². The van der Waals surface area contributed by atoms with Crippen LogP contribution in [0.4, 0.5) is 30.4 Å². The molecule has 0 aliphatic carbocycles. The third-order valence-electron chi connectivity index (χ3n) is 3.64. The number of rotatable bonds is 7. The molecule has 0 saturated heterocycles. The minimum Gasteiger partial charge on any atom is -0.489 e. The zero-order valence-electron chi connectivity index (χ0n) is 14.1. The minimum atomic E-state index is -2.87. The Labute approximate surface area is 167 Å². The summed E-state index contributed by atoms with van der Waals surface area (Å²) in [5.41, 5.74) is 6.68. The molecule has 6 nitrogen and oxygen atoms in total. The molecule has 1 aromatic heterocycles. The van der Waals surface area contributed by atoms with Gasteiger partial charge < -0.3 is 20.5 Å². The van der Waals surface area contributed by atoms with Gasteiger partial charge in [0, 0.05) is 11.5 Å². The topological polar surface area (TPSA) is 82.3 Å². The van der Waals surface area contributed by atoms with Gasteiger partial charge in [0.05, 0.1) is 33.5 Å². The fraction of sp³-hybridized carbons (Fsp3) is 0.176. The molecule has 11 heteroatoms. The van der Waals surface area contributed by atoms with Crippen molar-refractivity contribution >= 4 is 51.3 Å². The Morgan fingerprint density at radius 2 is 1.93 bits per heavy atom. The van der Waals surface area contributed by atoms with Crippen LogP contribution in [0.3, 0.4) is 0 Å². The van der Waals surface area contributed by atoms with E-state index < -0.39 is 12.4 Å². The van der Waals surface area contributed by atoms with Crippen LogP contribution in [0.5, 0.6) is 5.75 Å². The van der Waals surface area contributed by atoms with E-state index in [1.54, 1.807) is 0 Å². The van der Waals surface area contributed by atoms with Crippen LogP contribution in [0.2, 0.25) is 10.0 Å². The number of alkyl halides is 2. The lowest BCUT2D eigenvalue weighted by molar-refractivity contribution is -0.133. The fourth-order valence-electron chi connectivity index (χ4n) is 2.36. The summed E-state index contributed by atoms with van der Waals surface area (Å²) < 4.78 is 47.7. The number of ether oxygens (including phenoxy) is 2. The fourth-order valence-corrected chi connectivity index (χ4v) is 2.67. The van der Waals surface area contributed by atoms with Crippen molar-refractivity contribution in [3.8, 4) is 5.75 Å². The lowest BCUT2D eigenvalue weighted by Gasteiger charge is -2.13. The number of anilines is 3. The second-order valence-corrected chi connectivity index (χ2v) is 6.24. The van der Waals surface area contributed by atoms with Gasteiger partial charge in [-0.1, -0.05) is 23.2 Å². The van der Waals surface area contributed by atoms with Crippen molar-refractivity contribution in [1.29, 1.82) is 0 Å². The molecule has 0 saturated carbocycles. The standard InChI is InChI=1S/C17H13Cl2F3N4O2/c18-9-1-2-11(15(20)14(9)19)26-16-8-5-10(23)13(6-12(8)24-7-25-16)27-3-4-28-17(21)22/h1-2,5-7,17H,3-4,23H2,(H,24,25,26). The minimum absolute atomic E-state index is 0.0671. The first-order chi connectivity index (χ1) is 13.4. The average molecular weight is 433 g/mol. The van der Waals surface area contributed by atoms with E-state index in [1.165, 1.54) is 30.6 Å². The van der Waals surface area contributed by atoms with E-state index in [-0.39, 0.29) is 46.2 Å². The van der Waals surface area contributed by atoms with Crippen LogP contribution in [-0.2, 0) is 4.74 Å². The average Bonchev–Trinajstić information content (AvgIpc) is 2.66. The first kappa shape index (κ1) is 20.2. The van der Waals surface area contributed by atoms with Crippen LogP contribution in [0.25, 0.3) is 10.9 Å². The van der Waals surface area contributed by atoms with E-state index in [2.05, 4.69) is 20.0 Å². The number of hydrogen-bond donors (Lipinski definition) is 2. The Kier molecular flexibility index (Phi) is 6.28. The first-order valence-electron chi connectivity index (χ1n) is 7.84. The smallest absolute Gasteiger partial charge is 0.345 e. The highest BCUT2D eigenvalue weighted by molar-refractivity contribution is 6.42. The Morgan fingerprint density at radius 1 is 1.14 bits per heavy atom. The first-order valence-corrected chi connectivity index (χ1v) is 8.59. The van der Waals surface area contributed by atoms with Crippen molar-refractivity contribution in [2.24, 2.45) is 0 Å². The van der Waals surface area contributed by atoms with Gasteiger partial charge in [0.1, 0.15) is 24.5 Å². The maximum atomic E-state index is 14.3. The van der Waals surface area contributed by atoms with Crippen LogP contribution in [0, 0.1) is 5.82 Å². The van der Waals surface area contributed by atoms with Gasteiger partial charge in [-0.2, -0.15) is 8.78 Å². The van der Waals surface area contributed by atoms with Crippen molar-refractivity contribution in [3.63, 3.8) is 0 Å². The van der Waals surface area contributed by atoms with Crippen molar-refractivity contribution in [1.82, 2.24) is 9.97 Å². The molecule has 0 aliphatic heterocycles. The number of nitrogen functional groups attached to an aromatic ring is 1. The molecule has 0 atom stereocenters. The van der Waals surface area contributed by atoms with Crippen LogP contribution in [0.1, 0.15) is 0 Å². The lowest BCUT2D eigenvalue weighted by Crippen LogP contribution is -2.10. The summed E-state index contributed by atoms with van der Waals surface area (Å²) in [6.07, 6.45) is 1.26. The highest BCUT2D eigenvalue weighted by Gasteiger charge is 2.14. The maximum absolute atomic E-state index is 14.3. The molecule has 28 heavy (non-hydrogen) atoms. The summed E-state index contributed by atoms with van der Waals surface area (Å²) in [7, 11) is 0. The molecule has 0 spiro atoms. The summed E-state index contributed by atoms with van der Waals surface area (Å²) in [4.78, 5) is 8.21.